The lowest BCUT2D eigenvalue weighted by Crippen LogP contribution is -2.25. The van der Waals surface area contributed by atoms with Crippen LogP contribution in [0.5, 0.6) is 11.5 Å². The predicted octanol–water partition coefficient (Wildman–Crippen LogP) is 3.13. The first-order valence-electron chi connectivity index (χ1n) is 8.74. The van der Waals surface area contributed by atoms with E-state index in [1.54, 1.807) is 32.0 Å². The summed E-state index contributed by atoms with van der Waals surface area (Å²) in [4.78, 5) is 12.5. The number of esters is 1. The molecule has 1 heterocycles. The molecule has 1 atom stereocenters. The SMILES string of the molecule is CCCOc1ccc(C2C(C#N)=C(N)OC(C)=C2C(=O)OCC)cc1OC. The molecule has 1 aromatic carbocycles. The van der Waals surface area contributed by atoms with E-state index in [-0.39, 0.29) is 23.6 Å². The van der Waals surface area contributed by atoms with Crippen LogP contribution in [-0.2, 0) is 14.3 Å². The number of hydrogen-bond donors (Lipinski definition) is 1. The normalized spacial score (nSPS) is 16.5. The summed E-state index contributed by atoms with van der Waals surface area (Å²) in [5.41, 5.74) is 6.95. The molecule has 1 unspecified atom stereocenters. The van der Waals surface area contributed by atoms with Gasteiger partial charge in [0.15, 0.2) is 11.5 Å². The summed E-state index contributed by atoms with van der Waals surface area (Å²) in [6.07, 6.45) is 0.859. The molecule has 1 aliphatic rings. The third kappa shape index (κ3) is 4.17. The van der Waals surface area contributed by atoms with Gasteiger partial charge in [0.1, 0.15) is 17.4 Å². The third-order valence-corrected chi connectivity index (χ3v) is 4.08. The number of carbonyl (C=O) groups excluding carboxylic acids is 1. The number of nitriles is 1. The highest BCUT2D eigenvalue weighted by Crippen LogP contribution is 2.42. The maximum Gasteiger partial charge on any atom is 0.338 e. The maximum absolute atomic E-state index is 12.5. The van der Waals surface area contributed by atoms with Gasteiger partial charge < -0.3 is 24.7 Å². The highest BCUT2D eigenvalue weighted by molar-refractivity contribution is 5.92. The van der Waals surface area contributed by atoms with Crippen LogP contribution in [0.3, 0.4) is 0 Å². The lowest BCUT2D eigenvalue weighted by atomic mass is 9.83. The molecule has 1 aromatic rings. The summed E-state index contributed by atoms with van der Waals surface area (Å²) in [5, 5.41) is 9.61. The largest absolute Gasteiger partial charge is 0.493 e. The van der Waals surface area contributed by atoms with E-state index < -0.39 is 11.9 Å². The molecule has 0 bridgehead atoms. The Morgan fingerprint density at radius 2 is 2.07 bits per heavy atom. The molecule has 2 N–H and O–H groups in total. The Balaban J connectivity index is 2.57. The fourth-order valence-corrected chi connectivity index (χ4v) is 2.88. The summed E-state index contributed by atoms with van der Waals surface area (Å²) in [6, 6.07) is 7.32. The van der Waals surface area contributed by atoms with Crippen LogP contribution in [0.25, 0.3) is 0 Å². The molecular formula is C20H24N2O5. The molecule has 0 amide bonds. The highest BCUT2D eigenvalue weighted by atomic mass is 16.5. The number of ether oxygens (including phenoxy) is 4. The average Bonchev–Trinajstić information content (AvgIpc) is 2.65. The summed E-state index contributed by atoms with van der Waals surface area (Å²) in [6.45, 7) is 6.10. The van der Waals surface area contributed by atoms with Gasteiger partial charge in [-0.2, -0.15) is 5.26 Å². The Morgan fingerprint density at radius 3 is 2.67 bits per heavy atom. The standard InChI is InChI=1S/C20H24N2O5/c1-5-9-26-15-8-7-13(10-16(15)24-4)18-14(11-21)19(22)27-12(3)17(18)20(23)25-6-2/h7-8,10,18H,5-6,9,22H2,1-4H3. The zero-order chi connectivity index (χ0) is 20.0. The summed E-state index contributed by atoms with van der Waals surface area (Å²) < 4.78 is 21.7. The van der Waals surface area contributed by atoms with Crippen molar-refractivity contribution in [1.29, 1.82) is 5.26 Å². The molecule has 27 heavy (non-hydrogen) atoms. The van der Waals surface area contributed by atoms with Gasteiger partial charge >= 0.3 is 5.97 Å². The molecule has 0 radical (unpaired) electrons. The second-order valence-corrected chi connectivity index (χ2v) is 5.87. The minimum absolute atomic E-state index is 0.0293. The Morgan fingerprint density at radius 1 is 1.33 bits per heavy atom. The van der Waals surface area contributed by atoms with Crippen molar-refractivity contribution in [3.05, 3.63) is 46.6 Å². The fourth-order valence-electron chi connectivity index (χ4n) is 2.88. The Bertz CT molecular complexity index is 820. The van der Waals surface area contributed by atoms with Crippen LogP contribution < -0.4 is 15.2 Å². The van der Waals surface area contributed by atoms with E-state index in [9.17, 15) is 10.1 Å². The van der Waals surface area contributed by atoms with Crippen LogP contribution in [0.15, 0.2) is 41.0 Å². The van der Waals surface area contributed by atoms with Gasteiger partial charge in [-0.05, 0) is 38.0 Å². The second-order valence-electron chi connectivity index (χ2n) is 5.87. The smallest absolute Gasteiger partial charge is 0.338 e. The first-order valence-corrected chi connectivity index (χ1v) is 8.74. The third-order valence-electron chi connectivity index (χ3n) is 4.08. The van der Waals surface area contributed by atoms with E-state index in [0.29, 0.717) is 29.4 Å². The molecule has 0 saturated carbocycles. The monoisotopic (exact) mass is 372 g/mol. The van der Waals surface area contributed by atoms with Gasteiger partial charge in [-0.3, -0.25) is 0 Å². The van der Waals surface area contributed by atoms with Gasteiger partial charge in [0, 0.05) is 0 Å². The Kier molecular flexibility index (Phi) is 6.72. The van der Waals surface area contributed by atoms with Crippen LogP contribution in [0, 0.1) is 11.3 Å². The minimum Gasteiger partial charge on any atom is -0.493 e. The molecule has 144 valence electrons. The Hall–Kier alpha value is -3.14. The Labute approximate surface area is 159 Å². The topological polar surface area (TPSA) is 104 Å². The van der Waals surface area contributed by atoms with Crippen LogP contribution in [-0.4, -0.2) is 26.3 Å². The van der Waals surface area contributed by atoms with Gasteiger partial charge in [-0.15, -0.1) is 0 Å². The number of rotatable bonds is 7. The number of allylic oxidation sites excluding steroid dienone is 2. The van der Waals surface area contributed by atoms with Gasteiger partial charge in [-0.25, -0.2) is 4.79 Å². The fraction of sp³-hybridized carbons (Fsp3) is 0.400. The zero-order valence-corrected chi connectivity index (χ0v) is 16.0. The van der Waals surface area contributed by atoms with Crippen molar-refractivity contribution in [2.45, 2.75) is 33.1 Å². The highest BCUT2D eigenvalue weighted by Gasteiger charge is 2.36. The van der Waals surface area contributed by atoms with E-state index in [2.05, 4.69) is 6.07 Å². The van der Waals surface area contributed by atoms with Crippen LogP contribution in [0.1, 0.15) is 38.7 Å². The van der Waals surface area contributed by atoms with E-state index in [0.717, 1.165) is 6.42 Å². The molecule has 0 saturated heterocycles. The number of carbonyl (C=O) groups is 1. The molecule has 7 nitrogen and oxygen atoms in total. The number of benzene rings is 1. The van der Waals surface area contributed by atoms with Gasteiger partial charge in [0.2, 0.25) is 5.88 Å². The number of methoxy groups -OCH3 is 1. The van der Waals surface area contributed by atoms with Crippen LogP contribution in [0.4, 0.5) is 0 Å². The van der Waals surface area contributed by atoms with Crippen molar-refractivity contribution >= 4 is 5.97 Å². The number of hydrogen-bond acceptors (Lipinski definition) is 7. The first-order chi connectivity index (χ1) is 13.0. The second kappa shape index (κ2) is 8.99. The molecule has 1 aliphatic heterocycles. The molecule has 0 aromatic heterocycles. The molecule has 0 fully saturated rings. The average molecular weight is 372 g/mol. The summed E-state index contributed by atoms with van der Waals surface area (Å²) >= 11 is 0. The van der Waals surface area contributed by atoms with E-state index in [1.165, 1.54) is 7.11 Å². The van der Waals surface area contributed by atoms with E-state index in [1.807, 2.05) is 6.92 Å². The number of nitrogens with zero attached hydrogens (tertiary/aromatic N) is 1. The molecule has 0 spiro atoms. The van der Waals surface area contributed by atoms with Gasteiger partial charge in [-0.1, -0.05) is 13.0 Å². The van der Waals surface area contributed by atoms with Crippen molar-refractivity contribution in [1.82, 2.24) is 0 Å². The van der Waals surface area contributed by atoms with Crippen molar-refractivity contribution in [3.63, 3.8) is 0 Å². The lowest BCUT2D eigenvalue weighted by molar-refractivity contribution is -0.139. The first kappa shape index (κ1) is 20.2. The molecule has 0 aliphatic carbocycles. The maximum atomic E-state index is 12.5. The van der Waals surface area contributed by atoms with Crippen molar-refractivity contribution < 1.29 is 23.7 Å². The summed E-state index contributed by atoms with van der Waals surface area (Å²) in [5.74, 6) is 0.106. The lowest BCUT2D eigenvalue weighted by Gasteiger charge is -2.27. The van der Waals surface area contributed by atoms with E-state index >= 15 is 0 Å². The quantitative estimate of drug-likeness (QED) is 0.733. The summed E-state index contributed by atoms with van der Waals surface area (Å²) in [7, 11) is 1.53. The van der Waals surface area contributed by atoms with Crippen LogP contribution >= 0.6 is 0 Å². The van der Waals surface area contributed by atoms with Crippen molar-refractivity contribution in [3.8, 4) is 17.6 Å². The van der Waals surface area contributed by atoms with Crippen LogP contribution in [0.2, 0.25) is 0 Å². The van der Waals surface area contributed by atoms with Crippen molar-refractivity contribution in [2.75, 3.05) is 20.3 Å². The van der Waals surface area contributed by atoms with Crippen molar-refractivity contribution in [2.24, 2.45) is 5.73 Å². The predicted molar refractivity (Wildman–Crippen MR) is 98.8 cm³/mol. The van der Waals surface area contributed by atoms with Gasteiger partial charge in [0.05, 0.1) is 31.8 Å². The van der Waals surface area contributed by atoms with E-state index in [4.69, 9.17) is 24.7 Å². The number of nitrogens with two attached hydrogens (primary N) is 1. The molecular weight excluding hydrogens is 348 g/mol. The van der Waals surface area contributed by atoms with Gasteiger partial charge in [0.25, 0.3) is 0 Å². The zero-order valence-electron chi connectivity index (χ0n) is 16.0. The molecule has 7 heteroatoms. The molecule has 2 rings (SSSR count). The minimum atomic E-state index is -0.711.